The van der Waals surface area contributed by atoms with E-state index < -0.39 is 24.0 Å². The fourth-order valence-electron chi connectivity index (χ4n) is 2.46. The molecule has 1 aliphatic heterocycles. The first-order chi connectivity index (χ1) is 12.5. The summed E-state index contributed by atoms with van der Waals surface area (Å²) in [6.07, 6.45) is -3.19. The van der Waals surface area contributed by atoms with E-state index in [1.165, 1.54) is 0 Å². The Morgan fingerprint density at radius 2 is 1.73 bits per heavy atom. The average molecular weight is 386 g/mol. The fourth-order valence-corrected chi connectivity index (χ4v) is 2.60. The van der Waals surface area contributed by atoms with Gasteiger partial charge in [0.2, 0.25) is 0 Å². The van der Waals surface area contributed by atoms with Gasteiger partial charge in [-0.15, -0.1) is 11.6 Å². The molecule has 0 aliphatic carbocycles. The van der Waals surface area contributed by atoms with Crippen molar-refractivity contribution < 1.29 is 24.5 Å². The first-order valence-electron chi connectivity index (χ1n) is 8.46. The molecule has 26 heavy (non-hydrogen) atoms. The van der Waals surface area contributed by atoms with Crippen molar-refractivity contribution in [2.45, 2.75) is 18.6 Å². The van der Waals surface area contributed by atoms with Crippen molar-refractivity contribution >= 4 is 34.8 Å². The van der Waals surface area contributed by atoms with Crippen LogP contribution in [0.1, 0.15) is 6.42 Å². The second-order valence-electron chi connectivity index (χ2n) is 5.86. The van der Waals surface area contributed by atoms with Gasteiger partial charge in [-0.2, -0.15) is 0 Å². The number of amides is 2. The van der Waals surface area contributed by atoms with Gasteiger partial charge in [0.05, 0.1) is 13.2 Å². The number of hydrogen-bond acceptors (Lipinski definition) is 6. The first-order valence-corrected chi connectivity index (χ1v) is 9.00. The van der Waals surface area contributed by atoms with Crippen LogP contribution in [-0.2, 0) is 14.3 Å². The predicted molar refractivity (Wildman–Crippen MR) is 98.5 cm³/mol. The molecular formula is C17H24ClN3O5. The molecule has 0 aromatic heterocycles. The Morgan fingerprint density at radius 1 is 1.12 bits per heavy atom. The maximum Gasteiger partial charge on any atom is 0.256 e. The van der Waals surface area contributed by atoms with Crippen LogP contribution in [0, 0.1) is 0 Å². The maximum absolute atomic E-state index is 12.0. The Morgan fingerprint density at radius 3 is 2.35 bits per heavy atom. The normalized spacial score (nSPS) is 16.7. The van der Waals surface area contributed by atoms with Gasteiger partial charge in [-0.3, -0.25) is 9.59 Å². The lowest BCUT2D eigenvalue weighted by Crippen LogP contribution is -2.47. The molecule has 9 heteroatoms. The van der Waals surface area contributed by atoms with Crippen LogP contribution in [0.25, 0.3) is 0 Å². The summed E-state index contributed by atoms with van der Waals surface area (Å²) in [6.45, 7) is 3.21. The van der Waals surface area contributed by atoms with E-state index in [1.807, 2.05) is 12.1 Å². The van der Waals surface area contributed by atoms with E-state index in [0.717, 1.165) is 18.8 Å². The molecule has 144 valence electrons. The summed E-state index contributed by atoms with van der Waals surface area (Å²) in [6, 6.07) is 7.09. The van der Waals surface area contributed by atoms with Gasteiger partial charge in [-0.25, -0.2) is 0 Å². The van der Waals surface area contributed by atoms with Crippen molar-refractivity contribution in [1.29, 1.82) is 0 Å². The largest absolute Gasteiger partial charge is 0.380 e. The Hall–Kier alpha value is -1.87. The van der Waals surface area contributed by atoms with Gasteiger partial charge in [0.1, 0.15) is 0 Å². The molecule has 1 aromatic carbocycles. The van der Waals surface area contributed by atoms with E-state index in [2.05, 4.69) is 15.5 Å². The topological polar surface area (TPSA) is 111 Å². The minimum Gasteiger partial charge on any atom is -0.380 e. The zero-order chi connectivity index (χ0) is 18.9. The molecule has 0 saturated carbocycles. The third kappa shape index (κ3) is 5.84. The number of hydrogen-bond donors (Lipinski definition) is 4. The third-order valence-corrected chi connectivity index (χ3v) is 4.22. The van der Waals surface area contributed by atoms with Gasteiger partial charge < -0.3 is 30.5 Å². The van der Waals surface area contributed by atoms with Crippen LogP contribution in [0.4, 0.5) is 11.4 Å². The maximum atomic E-state index is 12.0. The first kappa shape index (κ1) is 20.4. The molecule has 8 nitrogen and oxygen atoms in total. The van der Waals surface area contributed by atoms with Crippen molar-refractivity contribution in [3.8, 4) is 0 Å². The molecule has 0 unspecified atom stereocenters. The van der Waals surface area contributed by atoms with E-state index >= 15 is 0 Å². The minimum absolute atomic E-state index is 0.261. The number of alkyl halides is 1. The predicted octanol–water partition coefficient (Wildman–Crippen LogP) is -0.0714. The van der Waals surface area contributed by atoms with E-state index in [9.17, 15) is 19.8 Å². The number of nitrogens with one attached hydrogen (secondary N) is 2. The van der Waals surface area contributed by atoms with Crippen LogP contribution in [0.2, 0.25) is 0 Å². The summed E-state index contributed by atoms with van der Waals surface area (Å²) in [5.41, 5.74) is 1.46. The molecule has 0 spiro atoms. The third-order valence-electron chi connectivity index (χ3n) is 3.96. The van der Waals surface area contributed by atoms with Gasteiger partial charge in [0.25, 0.3) is 11.8 Å². The van der Waals surface area contributed by atoms with E-state index in [4.69, 9.17) is 16.3 Å². The van der Waals surface area contributed by atoms with Crippen LogP contribution in [0.3, 0.4) is 0 Å². The highest BCUT2D eigenvalue weighted by Gasteiger charge is 2.30. The monoisotopic (exact) mass is 385 g/mol. The molecule has 4 N–H and O–H groups in total. The highest BCUT2D eigenvalue weighted by Crippen LogP contribution is 2.19. The summed E-state index contributed by atoms with van der Waals surface area (Å²) in [5.74, 6) is -1.32. The van der Waals surface area contributed by atoms with Crippen molar-refractivity contribution in [2.75, 3.05) is 48.9 Å². The van der Waals surface area contributed by atoms with Gasteiger partial charge in [-0.05, 0) is 30.7 Å². The Balaban J connectivity index is 1.86. The average Bonchev–Trinajstić information content (AvgIpc) is 2.68. The van der Waals surface area contributed by atoms with Gasteiger partial charge in [0, 0.05) is 36.9 Å². The molecule has 2 atom stereocenters. The number of carbonyl (C=O) groups excluding carboxylic acids is 2. The Labute approximate surface area is 157 Å². The zero-order valence-corrected chi connectivity index (χ0v) is 15.1. The van der Waals surface area contributed by atoms with Gasteiger partial charge >= 0.3 is 0 Å². The van der Waals surface area contributed by atoms with Crippen molar-refractivity contribution in [3.63, 3.8) is 0 Å². The molecule has 1 fully saturated rings. The van der Waals surface area contributed by atoms with Crippen molar-refractivity contribution in [3.05, 3.63) is 24.3 Å². The minimum atomic E-state index is -1.87. The second kappa shape index (κ2) is 10.3. The number of ether oxygens (including phenoxy) is 1. The summed E-state index contributed by atoms with van der Waals surface area (Å²) < 4.78 is 5.31. The number of rotatable bonds is 8. The highest BCUT2D eigenvalue weighted by atomic mass is 35.5. The molecule has 2 amide bonds. The number of nitrogens with zero attached hydrogens (tertiary/aromatic N) is 1. The zero-order valence-electron chi connectivity index (χ0n) is 14.4. The molecule has 2 rings (SSSR count). The summed E-state index contributed by atoms with van der Waals surface area (Å²) >= 11 is 5.49. The Bertz CT molecular complexity index is 593. The summed E-state index contributed by atoms with van der Waals surface area (Å²) in [5, 5.41) is 24.5. The molecule has 1 aliphatic rings. The molecule has 1 heterocycles. The molecular weight excluding hydrogens is 362 g/mol. The van der Waals surface area contributed by atoms with E-state index in [-0.39, 0.29) is 6.54 Å². The molecule has 0 bridgehead atoms. The number of aliphatic hydroxyl groups is 2. The number of morpholine rings is 1. The second-order valence-corrected chi connectivity index (χ2v) is 6.24. The molecule has 0 radical (unpaired) electrons. The smallest absolute Gasteiger partial charge is 0.256 e. The highest BCUT2D eigenvalue weighted by molar-refractivity contribution is 6.17. The summed E-state index contributed by atoms with van der Waals surface area (Å²) in [4.78, 5) is 25.9. The Kier molecular flexibility index (Phi) is 8.11. The number of benzene rings is 1. The van der Waals surface area contributed by atoms with Crippen LogP contribution < -0.4 is 15.5 Å². The number of aliphatic hydroxyl groups excluding tert-OH is 2. The van der Waals surface area contributed by atoms with Crippen LogP contribution in [0.5, 0.6) is 0 Å². The lowest BCUT2D eigenvalue weighted by molar-refractivity contribution is -0.143. The van der Waals surface area contributed by atoms with Crippen LogP contribution >= 0.6 is 11.6 Å². The molecule has 1 aromatic rings. The SMILES string of the molecule is O=C(NCCCCl)[C@H](O)[C@@H](O)C(=O)Nc1ccc(N2CCOCC2)cc1. The lowest BCUT2D eigenvalue weighted by Gasteiger charge is -2.29. The van der Waals surface area contributed by atoms with Gasteiger partial charge in [-0.1, -0.05) is 0 Å². The standard InChI is InChI=1S/C17H24ClN3O5/c18-6-1-7-19-16(24)14(22)15(23)17(25)20-12-2-4-13(5-3-12)21-8-10-26-11-9-21/h2-5,14-15,22-23H,1,6-11H2,(H,19,24)(H,20,25)/t14-,15-/m1/s1. The van der Waals surface area contributed by atoms with E-state index in [1.54, 1.807) is 12.1 Å². The van der Waals surface area contributed by atoms with Crippen molar-refractivity contribution in [1.82, 2.24) is 5.32 Å². The lowest BCUT2D eigenvalue weighted by atomic mass is 10.1. The van der Waals surface area contributed by atoms with Crippen molar-refractivity contribution in [2.24, 2.45) is 0 Å². The molecule has 1 saturated heterocycles. The fraction of sp³-hybridized carbons (Fsp3) is 0.529. The van der Waals surface area contributed by atoms with Gasteiger partial charge in [0.15, 0.2) is 12.2 Å². The van der Waals surface area contributed by atoms with Crippen LogP contribution in [0.15, 0.2) is 24.3 Å². The summed E-state index contributed by atoms with van der Waals surface area (Å²) in [7, 11) is 0. The number of halogens is 1. The quantitative estimate of drug-likeness (QED) is 0.368. The van der Waals surface area contributed by atoms with E-state index in [0.29, 0.717) is 31.2 Å². The number of carbonyl (C=O) groups is 2. The van der Waals surface area contributed by atoms with Crippen LogP contribution in [-0.4, -0.2) is 73.0 Å². The number of anilines is 2.